The number of nitro groups is 1. The molecule has 3 aliphatic carbocycles. The van der Waals surface area contributed by atoms with Gasteiger partial charge in [0.1, 0.15) is 0 Å². The summed E-state index contributed by atoms with van der Waals surface area (Å²) in [6, 6.07) is 4.97. The van der Waals surface area contributed by atoms with Crippen molar-refractivity contribution in [2.45, 2.75) is 117 Å². The number of carbonyl (C=O) groups is 1. The van der Waals surface area contributed by atoms with Crippen LogP contribution in [0.2, 0.25) is 0 Å². The smallest absolute Gasteiger partial charge is 1.00 e. The monoisotopic (exact) mass is 696 g/mol. The maximum absolute atomic E-state index is 11.0. The fraction of sp³-hybridized carbons (Fsp3) is 0.656. The Kier molecular flexibility index (Phi) is 35.6. The molecule has 0 aliphatic heterocycles. The molecule has 41 heavy (non-hydrogen) atoms. The summed E-state index contributed by atoms with van der Waals surface area (Å²) in [6.45, 7) is 10.1. The number of nitriles is 1. The zero-order valence-corrected chi connectivity index (χ0v) is 29.3. The van der Waals surface area contributed by atoms with E-state index in [9.17, 15) is 14.9 Å². The first-order chi connectivity index (χ1) is 19.0. The number of nitrogens with one attached hydrogen (secondary N) is 1. The molecule has 3 fully saturated rings. The zero-order chi connectivity index (χ0) is 29.0. The molecule has 230 valence electrons. The van der Waals surface area contributed by atoms with Crippen LogP contribution < -0.4 is 17.7 Å². The van der Waals surface area contributed by atoms with Crippen LogP contribution in [-0.4, -0.2) is 59.3 Å². The molecule has 0 heterocycles. The number of nitrogens with zero attached hydrogens (tertiary/aromatic N) is 3. The molecule has 3 saturated carbocycles. The Morgan fingerprint density at radius 1 is 0.805 bits per heavy atom. The Labute approximate surface area is 274 Å². The second-order valence-corrected chi connectivity index (χ2v) is 9.77. The normalized spacial score (nSPS) is 15.3. The quantitative estimate of drug-likeness (QED) is 0.114. The van der Waals surface area contributed by atoms with Gasteiger partial charge in [0.05, 0.1) is 4.92 Å². The molecule has 1 N–H and O–H groups in total. The van der Waals surface area contributed by atoms with Crippen LogP contribution in [0.15, 0.2) is 24.3 Å². The molecule has 0 aromatic heterocycles. The molecule has 1 aromatic rings. The fourth-order valence-electron chi connectivity index (χ4n) is 4.22. The van der Waals surface area contributed by atoms with E-state index in [1.54, 1.807) is 0 Å². The Hall–Kier alpha value is -1.37. The molecule has 0 spiro atoms. The summed E-state index contributed by atoms with van der Waals surface area (Å²) in [6.07, 6.45) is 30.0. The van der Waals surface area contributed by atoms with Crippen LogP contribution in [0.5, 0.6) is 0 Å². The van der Waals surface area contributed by atoms with E-state index in [2.05, 4.69) is 44.9 Å². The van der Waals surface area contributed by atoms with E-state index in [0.717, 1.165) is 0 Å². The molecular weight excluding hydrogens is 643 g/mol. The molecular formula is C32H53ClN4O3Sn. The van der Waals surface area contributed by atoms with Gasteiger partial charge in [-0.05, 0) is 31.8 Å². The van der Waals surface area contributed by atoms with E-state index >= 15 is 0 Å². The third-order valence-electron chi connectivity index (χ3n) is 6.80. The predicted octanol–water partition coefficient (Wildman–Crippen LogP) is 5.24. The van der Waals surface area contributed by atoms with Crippen LogP contribution in [-0.2, 0) is 0 Å². The minimum Gasteiger partial charge on any atom is -1.00 e. The topological polar surface area (TPSA) is 99.3 Å². The zero-order valence-electron chi connectivity index (χ0n) is 25.7. The van der Waals surface area contributed by atoms with Crippen molar-refractivity contribution in [3.63, 3.8) is 0 Å². The molecule has 9 heteroatoms. The standard InChI is InChI=1S/C8H5N3O3.C6H15N.3C6H11.ClH.Sn/c9-5-10-8(12)6-1-3-7(4-2-6)11(13)14;1-4-7(5-2)6-3;3*1-2-4-6-5-3-1;;/h1-4H,(H,10,12);4-6H2,1-3H3;3*1H,2-6H2;1H;/q;;3*-1;;+4/p-1. The summed E-state index contributed by atoms with van der Waals surface area (Å²) >= 11 is 0. The van der Waals surface area contributed by atoms with Gasteiger partial charge in [-0.2, -0.15) is 43.8 Å². The van der Waals surface area contributed by atoms with Crippen molar-refractivity contribution >= 4 is 35.5 Å². The number of hydrogen-bond donors (Lipinski definition) is 1. The maximum Gasteiger partial charge on any atom is 4.00 e. The minimum absolute atomic E-state index is 0. The Morgan fingerprint density at radius 2 is 1.15 bits per heavy atom. The summed E-state index contributed by atoms with van der Waals surface area (Å²) in [7, 11) is 0. The van der Waals surface area contributed by atoms with Gasteiger partial charge >= 0.3 is 23.9 Å². The first-order valence-corrected chi connectivity index (χ1v) is 15.1. The number of halogens is 1. The van der Waals surface area contributed by atoms with Gasteiger partial charge in [-0.15, -0.1) is 0 Å². The van der Waals surface area contributed by atoms with Gasteiger partial charge in [0, 0.05) is 17.7 Å². The second kappa shape index (κ2) is 33.1. The largest absolute Gasteiger partial charge is 4.00 e. The average Bonchev–Trinajstić information content (AvgIpc) is 3.02. The minimum atomic E-state index is -0.581. The number of rotatable bonds is 5. The van der Waals surface area contributed by atoms with Crippen LogP contribution >= 0.6 is 0 Å². The Bertz CT molecular complexity index is 691. The maximum atomic E-state index is 11.0. The second-order valence-electron chi connectivity index (χ2n) is 9.77. The number of benzene rings is 1. The van der Waals surface area contributed by atoms with E-state index in [1.165, 1.54) is 146 Å². The number of hydrogen-bond acceptors (Lipinski definition) is 5. The summed E-state index contributed by atoms with van der Waals surface area (Å²) in [5.41, 5.74) is 0.107. The number of nitro benzene ring substituents is 1. The third-order valence-corrected chi connectivity index (χ3v) is 6.80. The van der Waals surface area contributed by atoms with Gasteiger partial charge in [0.15, 0.2) is 6.19 Å². The predicted molar refractivity (Wildman–Crippen MR) is 168 cm³/mol. The Morgan fingerprint density at radius 3 is 1.32 bits per heavy atom. The van der Waals surface area contributed by atoms with Gasteiger partial charge in [-0.3, -0.25) is 20.2 Å². The van der Waals surface area contributed by atoms with Crippen molar-refractivity contribution in [2.75, 3.05) is 19.6 Å². The molecule has 0 saturated heterocycles. The van der Waals surface area contributed by atoms with Gasteiger partial charge in [-0.25, -0.2) is 0 Å². The molecule has 0 radical (unpaired) electrons. The van der Waals surface area contributed by atoms with Crippen LogP contribution in [0, 0.1) is 40.8 Å². The van der Waals surface area contributed by atoms with E-state index < -0.39 is 10.8 Å². The number of carbonyl (C=O) groups excluding carboxylic acids is 1. The van der Waals surface area contributed by atoms with Gasteiger partial charge < -0.3 is 36.6 Å². The van der Waals surface area contributed by atoms with Crippen LogP contribution in [0.1, 0.15) is 127 Å². The van der Waals surface area contributed by atoms with E-state index in [1.807, 2.05) is 5.32 Å². The third kappa shape index (κ3) is 27.2. The summed E-state index contributed by atoms with van der Waals surface area (Å²) in [5.74, 6) is -0.581. The van der Waals surface area contributed by atoms with Gasteiger partial charge in [-0.1, -0.05) is 78.6 Å². The van der Waals surface area contributed by atoms with Gasteiger partial charge in [0.2, 0.25) is 0 Å². The van der Waals surface area contributed by atoms with E-state index in [0.29, 0.717) is 0 Å². The molecule has 4 rings (SSSR count). The molecule has 1 aromatic carbocycles. The molecule has 0 unspecified atom stereocenters. The molecule has 0 atom stereocenters. The number of non-ortho nitro benzene ring substituents is 1. The van der Waals surface area contributed by atoms with Crippen molar-refractivity contribution in [3.05, 3.63) is 59.2 Å². The van der Waals surface area contributed by atoms with Crippen molar-refractivity contribution in [1.29, 1.82) is 5.26 Å². The first kappa shape index (κ1) is 44.1. The summed E-state index contributed by atoms with van der Waals surface area (Å²) in [4.78, 5) is 23.1. The summed E-state index contributed by atoms with van der Waals surface area (Å²) in [5, 5.41) is 20.3. The van der Waals surface area contributed by atoms with Gasteiger partial charge in [0.25, 0.3) is 11.6 Å². The fourth-order valence-corrected chi connectivity index (χ4v) is 4.22. The van der Waals surface area contributed by atoms with Crippen LogP contribution in [0.25, 0.3) is 0 Å². The van der Waals surface area contributed by atoms with Crippen LogP contribution in [0.4, 0.5) is 5.69 Å². The molecule has 1 amide bonds. The van der Waals surface area contributed by atoms with Crippen LogP contribution in [0.3, 0.4) is 0 Å². The van der Waals surface area contributed by atoms with Crippen molar-refractivity contribution in [1.82, 2.24) is 10.2 Å². The SMILES string of the molecule is CCN(CC)CC.N#CNC(=O)c1ccc([N+](=O)[O-])cc1.[CH-]1CCCCC1.[CH-]1CCCCC1.[CH-]1CCCCC1.[Cl-].[Sn+4]. The molecule has 7 nitrogen and oxygen atoms in total. The van der Waals surface area contributed by atoms with Crippen molar-refractivity contribution in [2.24, 2.45) is 0 Å². The van der Waals surface area contributed by atoms with E-state index in [-0.39, 0.29) is 47.6 Å². The molecule has 3 aliphatic rings. The number of amides is 1. The first-order valence-electron chi connectivity index (χ1n) is 15.1. The van der Waals surface area contributed by atoms with Crippen molar-refractivity contribution < 1.29 is 22.1 Å². The summed E-state index contributed by atoms with van der Waals surface area (Å²) < 4.78 is 0. The Balaban J connectivity index is -0.000000460. The average molecular weight is 696 g/mol. The van der Waals surface area contributed by atoms with E-state index in [4.69, 9.17) is 5.26 Å². The van der Waals surface area contributed by atoms with Crippen molar-refractivity contribution in [3.8, 4) is 6.19 Å². The molecule has 0 bridgehead atoms.